The molecular weight excluding hydrogens is 437 g/mol. The van der Waals surface area contributed by atoms with Gasteiger partial charge in [-0.3, -0.25) is 0 Å². The average molecular weight is 456 g/mol. The Labute approximate surface area is 168 Å². The zero-order chi connectivity index (χ0) is 19.2. The SMILES string of the molecule is COP(S)OCCn1c(COP(S)OC2COCC2F)nc2cncnc21. The summed E-state index contributed by atoms with van der Waals surface area (Å²) < 4.78 is 42.0. The van der Waals surface area contributed by atoms with Crippen molar-refractivity contribution < 1.29 is 27.2 Å². The Balaban J connectivity index is 1.63. The van der Waals surface area contributed by atoms with Gasteiger partial charge in [-0.25, -0.2) is 19.3 Å². The molecule has 14 heteroatoms. The third-order valence-corrected chi connectivity index (χ3v) is 6.64. The molecule has 1 saturated heterocycles. The third-order valence-electron chi connectivity index (χ3n) is 3.65. The van der Waals surface area contributed by atoms with Crippen LogP contribution in [-0.2, 0) is 36.0 Å². The molecule has 1 aliphatic rings. The molecule has 2 aromatic rings. The Hall–Kier alpha value is -0.160. The van der Waals surface area contributed by atoms with Gasteiger partial charge in [-0.15, -0.1) is 0 Å². The molecule has 9 nitrogen and oxygen atoms in total. The van der Waals surface area contributed by atoms with E-state index in [-0.39, 0.29) is 19.8 Å². The number of aromatic nitrogens is 4. The molecule has 0 spiro atoms. The molecule has 0 bridgehead atoms. The van der Waals surface area contributed by atoms with Crippen LogP contribution in [-0.4, -0.2) is 58.7 Å². The molecule has 3 rings (SSSR count). The van der Waals surface area contributed by atoms with Crippen LogP contribution in [0.5, 0.6) is 0 Å². The first-order valence-corrected chi connectivity index (χ1v) is 12.6. The molecule has 0 saturated carbocycles. The maximum atomic E-state index is 13.6. The molecule has 3 heterocycles. The lowest BCUT2D eigenvalue weighted by atomic mass is 10.3. The molecule has 1 aliphatic heterocycles. The number of ether oxygens (including phenoxy) is 1. The summed E-state index contributed by atoms with van der Waals surface area (Å²) in [6.45, 7) is 1.19. The van der Waals surface area contributed by atoms with Gasteiger partial charge in [0.25, 0.3) is 0 Å². The van der Waals surface area contributed by atoms with E-state index in [9.17, 15) is 4.39 Å². The number of alkyl halides is 1. The fourth-order valence-electron chi connectivity index (χ4n) is 2.40. The summed E-state index contributed by atoms with van der Waals surface area (Å²) in [4.78, 5) is 12.7. The van der Waals surface area contributed by atoms with Gasteiger partial charge >= 0.3 is 0 Å². The van der Waals surface area contributed by atoms with E-state index >= 15 is 0 Å². The van der Waals surface area contributed by atoms with E-state index in [4.69, 9.17) is 22.8 Å². The minimum Gasteiger partial charge on any atom is -0.375 e. The van der Waals surface area contributed by atoms with E-state index in [2.05, 4.69) is 39.4 Å². The molecule has 0 amide bonds. The van der Waals surface area contributed by atoms with E-state index in [1.807, 2.05) is 4.57 Å². The van der Waals surface area contributed by atoms with Crippen molar-refractivity contribution in [2.75, 3.05) is 26.9 Å². The van der Waals surface area contributed by atoms with E-state index in [1.165, 1.54) is 13.4 Å². The summed E-state index contributed by atoms with van der Waals surface area (Å²) in [6, 6.07) is 0. The summed E-state index contributed by atoms with van der Waals surface area (Å²) in [7, 11) is -1.28. The highest BCUT2D eigenvalue weighted by Gasteiger charge is 2.31. The molecule has 2 aromatic heterocycles. The van der Waals surface area contributed by atoms with Crippen molar-refractivity contribution in [1.29, 1.82) is 0 Å². The highest BCUT2D eigenvalue weighted by atomic mass is 32.7. The molecule has 0 radical (unpaired) electrons. The zero-order valence-corrected chi connectivity index (χ0v) is 17.9. The number of hydrogen-bond acceptors (Lipinski definition) is 10. The van der Waals surface area contributed by atoms with Crippen LogP contribution in [0.4, 0.5) is 4.39 Å². The van der Waals surface area contributed by atoms with E-state index in [0.29, 0.717) is 30.1 Å². The van der Waals surface area contributed by atoms with Crippen LogP contribution < -0.4 is 0 Å². The Morgan fingerprint density at radius 1 is 1.33 bits per heavy atom. The highest BCUT2D eigenvalue weighted by Crippen LogP contribution is 2.46. The van der Waals surface area contributed by atoms with Crippen molar-refractivity contribution in [2.45, 2.75) is 25.4 Å². The minimum absolute atomic E-state index is 0.0330. The van der Waals surface area contributed by atoms with Crippen LogP contribution in [0, 0.1) is 0 Å². The molecule has 0 N–H and O–H groups in total. The number of halogens is 1. The van der Waals surface area contributed by atoms with Gasteiger partial charge in [0.1, 0.15) is 30.4 Å². The lowest BCUT2D eigenvalue weighted by Crippen LogP contribution is -2.21. The lowest BCUT2D eigenvalue weighted by molar-refractivity contribution is 0.123. The third kappa shape index (κ3) is 5.91. The predicted molar refractivity (Wildman–Crippen MR) is 105 cm³/mol. The zero-order valence-electron chi connectivity index (χ0n) is 14.3. The number of hydrogen-bond donors (Lipinski definition) is 2. The Morgan fingerprint density at radius 3 is 2.93 bits per heavy atom. The quantitative estimate of drug-likeness (QED) is 0.417. The number of thiol groups is 2. The van der Waals surface area contributed by atoms with Crippen LogP contribution in [0.3, 0.4) is 0 Å². The van der Waals surface area contributed by atoms with Crippen LogP contribution >= 0.6 is 39.7 Å². The standard InChI is InChI=1S/C13H19FN4O5P2S2/c1-19-24(26)21-3-2-18-12(17-10-4-15-8-16-13(10)18)7-22-25(27)23-11-6-20-5-9(11)14/h4,8-9,11,26-27H,2-3,5-7H2,1H3. The second kappa shape index (κ2) is 10.6. The first kappa shape index (κ1) is 21.5. The second-order valence-electron chi connectivity index (χ2n) is 5.37. The Morgan fingerprint density at radius 2 is 2.19 bits per heavy atom. The first-order chi connectivity index (χ1) is 13.1. The van der Waals surface area contributed by atoms with Gasteiger partial charge in [0.2, 0.25) is 15.2 Å². The summed E-state index contributed by atoms with van der Waals surface area (Å²) in [5.41, 5.74) is 1.29. The number of nitrogens with zero attached hydrogens (tertiary/aromatic N) is 4. The molecule has 4 unspecified atom stereocenters. The highest BCUT2D eigenvalue weighted by molar-refractivity contribution is 8.42. The van der Waals surface area contributed by atoms with Crippen molar-refractivity contribution in [3.63, 3.8) is 0 Å². The normalized spacial score (nSPS) is 22.4. The minimum atomic E-state index is -1.58. The number of fused-ring (bicyclic) bond motifs is 1. The topological polar surface area (TPSA) is 89.8 Å². The van der Waals surface area contributed by atoms with Crippen molar-refractivity contribution in [1.82, 2.24) is 19.5 Å². The number of rotatable bonds is 10. The fraction of sp³-hybridized carbons (Fsp3) is 0.615. The molecule has 0 aromatic carbocycles. The van der Waals surface area contributed by atoms with Crippen LogP contribution in [0.1, 0.15) is 5.82 Å². The van der Waals surface area contributed by atoms with Gasteiger partial charge in [0, 0.05) is 13.7 Å². The average Bonchev–Trinajstić information content (AvgIpc) is 3.23. The Kier molecular flexibility index (Phi) is 8.43. The smallest absolute Gasteiger partial charge is 0.235 e. The largest absolute Gasteiger partial charge is 0.375 e. The maximum absolute atomic E-state index is 13.6. The monoisotopic (exact) mass is 456 g/mol. The molecule has 1 fully saturated rings. The van der Waals surface area contributed by atoms with Crippen molar-refractivity contribution in [3.8, 4) is 0 Å². The number of imidazole rings is 1. The summed E-state index contributed by atoms with van der Waals surface area (Å²) in [5.74, 6) is 0.611. The van der Waals surface area contributed by atoms with Crippen LogP contribution in [0.2, 0.25) is 0 Å². The molecular formula is C13H19FN4O5P2S2. The summed E-state index contributed by atoms with van der Waals surface area (Å²) in [6.07, 6.45) is 1.24. The van der Waals surface area contributed by atoms with Crippen molar-refractivity contribution in [2.24, 2.45) is 0 Å². The van der Waals surface area contributed by atoms with Crippen molar-refractivity contribution in [3.05, 3.63) is 18.3 Å². The van der Waals surface area contributed by atoms with Gasteiger partial charge in [-0.1, -0.05) is 24.5 Å². The fourth-order valence-corrected chi connectivity index (χ4v) is 4.23. The second-order valence-corrected chi connectivity index (χ2v) is 9.38. The summed E-state index contributed by atoms with van der Waals surface area (Å²) in [5, 5.41) is 0. The van der Waals surface area contributed by atoms with Gasteiger partial charge in [0.05, 0.1) is 26.0 Å². The van der Waals surface area contributed by atoms with Gasteiger partial charge in [0.15, 0.2) is 11.8 Å². The van der Waals surface area contributed by atoms with E-state index in [0.717, 1.165) is 0 Å². The van der Waals surface area contributed by atoms with Gasteiger partial charge < -0.3 is 27.4 Å². The molecule has 4 atom stereocenters. The Bertz CT molecular complexity index is 748. The lowest BCUT2D eigenvalue weighted by Gasteiger charge is -2.17. The predicted octanol–water partition coefficient (Wildman–Crippen LogP) is 3.07. The molecule has 150 valence electrons. The van der Waals surface area contributed by atoms with E-state index < -0.39 is 27.4 Å². The van der Waals surface area contributed by atoms with Crippen LogP contribution in [0.25, 0.3) is 11.2 Å². The molecule has 0 aliphatic carbocycles. The van der Waals surface area contributed by atoms with Gasteiger partial charge in [-0.05, 0) is 0 Å². The van der Waals surface area contributed by atoms with Crippen molar-refractivity contribution >= 4 is 50.8 Å². The maximum Gasteiger partial charge on any atom is 0.235 e. The molecule has 27 heavy (non-hydrogen) atoms. The first-order valence-electron chi connectivity index (χ1n) is 7.90. The van der Waals surface area contributed by atoms with Crippen LogP contribution in [0.15, 0.2) is 12.5 Å². The summed E-state index contributed by atoms with van der Waals surface area (Å²) >= 11 is 8.44. The van der Waals surface area contributed by atoms with E-state index in [1.54, 1.807) is 6.20 Å². The van der Waals surface area contributed by atoms with Gasteiger partial charge in [-0.2, -0.15) is 0 Å².